The number of aromatic nitrogens is 1. The molecule has 1 atom stereocenters. The summed E-state index contributed by atoms with van der Waals surface area (Å²) in [6.45, 7) is 2.15. The molecule has 0 spiro atoms. The highest BCUT2D eigenvalue weighted by atomic mass is 16.3. The van der Waals surface area contributed by atoms with Gasteiger partial charge in [-0.3, -0.25) is 4.98 Å². The fourth-order valence-corrected chi connectivity index (χ4v) is 1.13. The SMILES string of the molecule is CCC(O)(CN)c1ccncc1. The molecule has 0 saturated carbocycles. The maximum Gasteiger partial charge on any atom is 0.102 e. The average molecular weight is 166 g/mol. The van der Waals surface area contributed by atoms with Crippen LogP contribution in [0.5, 0.6) is 0 Å². The summed E-state index contributed by atoms with van der Waals surface area (Å²) in [6, 6.07) is 3.58. The van der Waals surface area contributed by atoms with E-state index in [1.54, 1.807) is 24.5 Å². The lowest BCUT2D eigenvalue weighted by Crippen LogP contribution is -2.34. The van der Waals surface area contributed by atoms with Crippen LogP contribution in [-0.4, -0.2) is 16.6 Å². The number of aliphatic hydroxyl groups is 1. The molecule has 0 bridgehead atoms. The summed E-state index contributed by atoms with van der Waals surface area (Å²) >= 11 is 0. The zero-order chi connectivity index (χ0) is 9.03. The molecular weight excluding hydrogens is 152 g/mol. The summed E-state index contributed by atoms with van der Waals surface area (Å²) in [5.41, 5.74) is 5.43. The number of hydrogen-bond acceptors (Lipinski definition) is 3. The number of rotatable bonds is 3. The molecule has 66 valence electrons. The van der Waals surface area contributed by atoms with Gasteiger partial charge in [-0.2, -0.15) is 0 Å². The van der Waals surface area contributed by atoms with E-state index in [-0.39, 0.29) is 6.54 Å². The second-order valence-corrected chi connectivity index (χ2v) is 2.83. The van der Waals surface area contributed by atoms with Gasteiger partial charge < -0.3 is 10.8 Å². The van der Waals surface area contributed by atoms with Crippen LogP contribution in [0.4, 0.5) is 0 Å². The van der Waals surface area contributed by atoms with Crippen molar-refractivity contribution >= 4 is 0 Å². The largest absolute Gasteiger partial charge is 0.384 e. The minimum atomic E-state index is -0.886. The van der Waals surface area contributed by atoms with Gasteiger partial charge in [0.2, 0.25) is 0 Å². The summed E-state index contributed by atoms with van der Waals surface area (Å²) in [5.74, 6) is 0. The molecule has 0 aliphatic carbocycles. The molecule has 0 amide bonds. The first-order chi connectivity index (χ1) is 5.73. The Kier molecular flexibility index (Phi) is 2.78. The summed E-state index contributed by atoms with van der Waals surface area (Å²) in [4.78, 5) is 3.88. The Morgan fingerprint density at radius 2 is 2.08 bits per heavy atom. The second kappa shape index (κ2) is 3.65. The number of hydrogen-bond donors (Lipinski definition) is 2. The van der Waals surface area contributed by atoms with Crippen LogP contribution in [0.2, 0.25) is 0 Å². The molecule has 0 saturated heterocycles. The molecule has 3 heteroatoms. The normalized spacial score (nSPS) is 15.6. The summed E-state index contributed by atoms with van der Waals surface area (Å²) in [6.07, 6.45) is 3.94. The molecule has 3 nitrogen and oxygen atoms in total. The third kappa shape index (κ3) is 1.62. The van der Waals surface area contributed by atoms with Crippen molar-refractivity contribution < 1.29 is 5.11 Å². The number of nitrogens with zero attached hydrogens (tertiary/aromatic N) is 1. The molecule has 1 aromatic rings. The highest BCUT2D eigenvalue weighted by Crippen LogP contribution is 2.22. The highest BCUT2D eigenvalue weighted by molar-refractivity contribution is 5.19. The quantitative estimate of drug-likeness (QED) is 0.692. The minimum absolute atomic E-state index is 0.244. The monoisotopic (exact) mass is 166 g/mol. The van der Waals surface area contributed by atoms with Gasteiger partial charge in [-0.15, -0.1) is 0 Å². The molecule has 0 aliphatic rings. The minimum Gasteiger partial charge on any atom is -0.384 e. The van der Waals surface area contributed by atoms with Crippen molar-refractivity contribution in [1.29, 1.82) is 0 Å². The van der Waals surface area contributed by atoms with Crippen molar-refractivity contribution in [3.63, 3.8) is 0 Å². The van der Waals surface area contributed by atoms with Gasteiger partial charge in [0.05, 0.1) is 0 Å². The first kappa shape index (κ1) is 9.16. The van der Waals surface area contributed by atoms with Crippen molar-refractivity contribution in [1.82, 2.24) is 4.98 Å². The van der Waals surface area contributed by atoms with Crippen molar-refractivity contribution in [2.75, 3.05) is 6.54 Å². The third-order valence-corrected chi connectivity index (χ3v) is 2.14. The Morgan fingerprint density at radius 3 is 2.50 bits per heavy atom. The molecule has 1 aromatic heterocycles. The predicted octanol–water partition coefficient (Wildman–Crippen LogP) is 0.638. The van der Waals surface area contributed by atoms with E-state index in [1.807, 2.05) is 6.92 Å². The first-order valence-electron chi connectivity index (χ1n) is 4.06. The molecule has 1 rings (SSSR count). The maximum absolute atomic E-state index is 9.95. The predicted molar refractivity (Wildman–Crippen MR) is 47.5 cm³/mol. The Balaban J connectivity index is 2.95. The van der Waals surface area contributed by atoms with E-state index >= 15 is 0 Å². The van der Waals surface area contributed by atoms with E-state index in [2.05, 4.69) is 4.98 Å². The van der Waals surface area contributed by atoms with Crippen molar-refractivity contribution in [3.05, 3.63) is 30.1 Å². The van der Waals surface area contributed by atoms with Crippen LogP contribution in [0.25, 0.3) is 0 Å². The molecule has 0 radical (unpaired) electrons. The van der Waals surface area contributed by atoms with Gasteiger partial charge in [0, 0.05) is 18.9 Å². The summed E-state index contributed by atoms with van der Waals surface area (Å²) < 4.78 is 0. The highest BCUT2D eigenvalue weighted by Gasteiger charge is 2.24. The van der Waals surface area contributed by atoms with E-state index in [1.165, 1.54) is 0 Å². The first-order valence-corrected chi connectivity index (χ1v) is 4.06. The zero-order valence-corrected chi connectivity index (χ0v) is 7.20. The average Bonchev–Trinajstić information content (AvgIpc) is 2.18. The van der Waals surface area contributed by atoms with Crippen LogP contribution in [0.15, 0.2) is 24.5 Å². The molecule has 12 heavy (non-hydrogen) atoms. The van der Waals surface area contributed by atoms with E-state index in [4.69, 9.17) is 5.73 Å². The van der Waals surface area contributed by atoms with Crippen molar-refractivity contribution in [2.45, 2.75) is 18.9 Å². The Morgan fingerprint density at radius 1 is 1.50 bits per heavy atom. The third-order valence-electron chi connectivity index (χ3n) is 2.14. The van der Waals surface area contributed by atoms with Crippen molar-refractivity contribution in [3.8, 4) is 0 Å². The van der Waals surface area contributed by atoms with Gasteiger partial charge in [-0.1, -0.05) is 6.92 Å². The van der Waals surface area contributed by atoms with Gasteiger partial charge in [0.1, 0.15) is 5.60 Å². The molecule has 3 N–H and O–H groups in total. The molecule has 0 aliphatic heterocycles. The van der Waals surface area contributed by atoms with E-state index < -0.39 is 5.60 Å². The molecular formula is C9H14N2O. The summed E-state index contributed by atoms with van der Waals surface area (Å²) in [7, 11) is 0. The van der Waals surface area contributed by atoms with E-state index in [0.717, 1.165) is 5.56 Å². The van der Waals surface area contributed by atoms with Crippen LogP contribution in [0.1, 0.15) is 18.9 Å². The molecule has 0 fully saturated rings. The lowest BCUT2D eigenvalue weighted by molar-refractivity contribution is 0.0418. The standard InChI is InChI=1S/C9H14N2O/c1-2-9(12,7-10)8-3-5-11-6-4-8/h3-6,12H,2,7,10H2,1H3. The van der Waals surface area contributed by atoms with Crippen molar-refractivity contribution in [2.24, 2.45) is 5.73 Å². The maximum atomic E-state index is 9.95. The van der Waals surface area contributed by atoms with Gasteiger partial charge in [-0.25, -0.2) is 0 Å². The van der Waals surface area contributed by atoms with E-state index in [9.17, 15) is 5.11 Å². The van der Waals surface area contributed by atoms with Gasteiger partial charge in [0.15, 0.2) is 0 Å². The Hall–Kier alpha value is -0.930. The van der Waals surface area contributed by atoms with Crippen LogP contribution >= 0.6 is 0 Å². The van der Waals surface area contributed by atoms with Crippen LogP contribution in [0.3, 0.4) is 0 Å². The smallest absolute Gasteiger partial charge is 0.102 e. The fraction of sp³-hybridized carbons (Fsp3) is 0.444. The molecule has 0 aromatic carbocycles. The van der Waals surface area contributed by atoms with Crippen LogP contribution in [0, 0.1) is 0 Å². The lowest BCUT2D eigenvalue weighted by Gasteiger charge is -2.24. The topological polar surface area (TPSA) is 59.1 Å². The fourth-order valence-electron chi connectivity index (χ4n) is 1.13. The van der Waals surface area contributed by atoms with Crippen LogP contribution in [-0.2, 0) is 5.60 Å². The second-order valence-electron chi connectivity index (χ2n) is 2.83. The zero-order valence-electron chi connectivity index (χ0n) is 7.20. The van der Waals surface area contributed by atoms with E-state index in [0.29, 0.717) is 6.42 Å². The Labute approximate surface area is 72.2 Å². The van der Waals surface area contributed by atoms with Gasteiger partial charge in [-0.05, 0) is 24.1 Å². The van der Waals surface area contributed by atoms with Gasteiger partial charge in [0.25, 0.3) is 0 Å². The van der Waals surface area contributed by atoms with Gasteiger partial charge >= 0.3 is 0 Å². The lowest BCUT2D eigenvalue weighted by atomic mass is 9.92. The molecule has 1 heterocycles. The molecule has 1 unspecified atom stereocenters. The number of pyridine rings is 1. The summed E-state index contributed by atoms with van der Waals surface area (Å²) in [5, 5.41) is 9.95. The Bertz CT molecular complexity index is 232. The number of nitrogens with two attached hydrogens (primary N) is 1. The van der Waals surface area contributed by atoms with Crippen LogP contribution < -0.4 is 5.73 Å².